The average Bonchev–Trinajstić information content (AvgIpc) is 3.00. The number of ether oxygens (including phenoxy) is 1. The lowest BCUT2D eigenvalue weighted by Gasteiger charge is -2.16. The number of aliphatic hydroxyl groups is 1. The molecule has 1 fully saturated rings. The summed E-state index contributed by atoms with van der Waals surface area (Å²) in [6.45, 7) is 1.02. The van der Waals surface area contributed by atoms with E-state index in [2.05, 4.69) is 10.6 Å². The molecule has 124 valence electrons. The van der Waals surface area contributed by atoms with E-state index in [9.17, 15) is 9.90 Å². The summed E-state index contributed by atoms with van der Waals surface area (Å²) in [6, 6.07) is 4.88. The van der Waals surface area contributed by atoms with Crippen LogP contribution in [0, 0.1) is 0 Å². The summed E-state index contributed by atoms with van der Waals surface area (Å²) in [4.78, 5) is 11.8. The van der Waals surface area contributed by atoms with Gasteiger partial charge in [-0.1, -0.05) is 29.3 Å². The maximum atomic E-state index is 11.8. The Bertz CT molecular complexity index is 496. The molecule has 1 aliphatic heterocycles. The van der Waals surface area contributed by atoms with Gasteiger partial charge in [-0.3, -0.25) is 4.79 Å². The zero-order valence-electron chi connectivity index (χ0n) is 11.9. The molecule has 1 amide bonds. The van der Waals surface area contributed by atoms with Crippen molar-refractivity contribution in [1.29, 1.82) is 0 Å². The van der Waals surface area contributed by atoms with Crippen molar-refractivity contribution in [1.82, 2.24) is 10.6 Å². The highest BCUT2D eigenvalue weighted by molar-refractivity contribution is 6.42. The largest absolute Gasteiger partial charge is 0.489 e. The zero-order valence-corrected chi connectivity index (χ0v) is 14.2. The number of amides is 1. The Labute approximate surface area is 145 Å². The SMILES string of the molecule is Cl.O=C(NCC(O)COc1cccc(Cl)c1Cl)C1CCCN1. The number of carbonyl (C=O) groups excluding carboxylic acids is 1. The second kappa shape index (κ2) is 9.43. The Morgan fingerprint density at radius 2 is 2.27 bits per heavy atom. The number of nitrogens with one attached hydrogen (secondary N) is 2. The van der Waals surface area contributed by atoms with Crippen LogP contribution in [0.5, 0.6) is 5.75 Å². The maximum absolute atomic E-state index is 11.8. The fourth-order valence-corrected chi connectivity index (χ4v) is 2.44. The summed E-state index contributed by atoms with van der Waals surface area (Å²) in [7, 11) is 0. The van der Waals surface area contributed by atoms with Crippen LogP contribution in [-0.4, -0.2) is 42.9 Å². The van der Waals surface area contributed by atoms with E-state index in [1.165, 1.54) is 0 Å². The molecule has 2 rings (SSSR count). The molecular weight excluding hydrogens is 351 g/mol. The van der Waals surface area contributed by atoms with Gasteiger partial charge in [0.15, 0.2) is 0 Å². The minimum absolute atomic E-state index is 0. The molecule has 2 unspecified atom stereocenters. The van der Waals surface area contributed by atoms with Gasteiger partial charge in [0, 0.05) is 6.54 Å². The van der Waals surface area contributed by atoms with Gasteiger partial charge in [-0.05, 0) is 31.5 Å². The van der Waals surface area contributed by atoms with Gasteiger partial charge in [0.1, 0.15) is 23.5 Å². The lowest BCUT2D eigenvalue weighted by atomic mass is 10.2. The first-order valence-electron chi connectivity index (χ1n) is 6.84. The van der Waals surface area contributed by atoms with E-state index in [0.29, 0.717) is 15.8 Å². The number of carbonyl (C=O) groups is 1. The van der Waals surface area contributed by atoms with Crippen LogP contribution < -0.4 is 15.4 Å². The van der Waals surface area contributed by atoms with Crippen molar-refractivity contribution >= 4 is 41.5 Å². The fraction of sp³-hybridized carbons (Fsp3) is 0.500. The number of hydrogen-bond acceptors (Lipinski definition) is 4. The van der Waals surface area contributed by atoms with E-state index in [4.69, 9.17) is 27.9 Å². The Morgan fingerprint density at radius 3 is 2.95 bits per heavy atom. The van der Waals surface area contributed by atoms with Gasteiger partial charge in [0.25, 0.3) is 0 Å². The minimum Gasteiger partial charge on any atom is -0.489 e. The maximum Gasteiger partial charge on any atom is 0.237 e. The molecule has 1 aliphatic rings. The quantitative estimate of drug-likeness (QED) is 0.717. The molecule has 0 aliphatic carbocycles. The highest BCUT2D eigenvalue weighted by atomic mass is 35.5. The van der Waals surface area contributed by atoms with Gasteiger partial charge in [-0.15, -0.1) is 12.4 Å². The van der Waals surface area contributed by atoms with E-state index in [1.54, 1.807) is 18.2 Å². The second-order valence-electron chi connectivity index (χ2n) is 4.91. The van der Waals surface area contributed by atoms with Crippen LogP contribution in [0.15, 0.2) is 18.2 Å². The molecular formula is C14H19Cl3N2O3. The summed E-state index contributed by atoms with van der Waals surface area (Å²) < 4.78 is 5.40. The molecule has 2 atom stereocenters. The molecule has 1 saturated heterocycles. The standard InChI is InChI=1S/C14H18Cl2N2O3.ClH/c15-10-3-1-5-12(13(10)16)21-8-9(19)7-18-14(20)11-4-2-6-17-11;/h1,3,5,9,11,17,19H,2,4,6-8H2,(H,18,20);1H. The molecule has 3 N–H and O–H groups in total. The lowest BCUT2D eigenvalue weighted by molar-refractivity contribution is -0.123. The molecule has 1 aromatic carbocycles. The number of halogens is 3. The predicted octanol–water partition coefficient (Wildman–Crippen LogP) is 2.02. The van der Waals surface area contributed by atoms with Gasteiger partial charge >= 0.3 is 0 Å². The van der Waals surface area contributed by atoms with Gasteiger partial charge in [-0.25, -0.2) is 0 Å². The zero-order chi connectivity index (χ0) is 15.2. The van der Waals surface area contributed by atoms with Crippen molar-refractivity contribution in [3.8, 4) is 5.75 Å². The van der Waals surface area contributed by atoms with Crippen molar-refractivity contribution in [2.45, 2.75) is 25.0 Å². The third kappa shape index (κ3) is 5.48. The van der Waals surface area contributed by atoms with E-state index >= 15 is 0 Å². The Morgan fingerprint density at radius 1 is 1.50 bits per heavy atom. The summed E-state index contributed by atoms with van der Waals surface area (Å²) in [5.74, 6) is 0.319. The van der Waals surface area contributed by atoms with Gasteiger partial charge < -0.3 is 20.5 Å². The van der Waals surface area contributed by atoms with Crippen LogP contribution in [0.2, 0.25) is 10.0 Å². The molecule has 1 heterocycles. The van der Waals surface area contributed by atoms with Gasteiger partial charge in [0.05, 0.1) is 11.1 Å². The van der Waals surface area contributed by atoms with Crippen molar-refractivity contribution in [3.05, 3.63) is 28.2 Å². The topological polar surface area (TPSA) is 70.6 Å². The van der Waals surface area contributed by atoms with Crippen LogP contribution >= 0.6 is 35.6 Å². The number of rotatable bonds is 6. The Kier molecular flexibility index (Phi) is 8.28. The van der Waals surface area contributed by atoms with Crippen molar-refractivity contribution in [3.63, 3.8) is 0 Å². The monoisotopic (exact) mass is 368 g/mol. The summed E-state index contributed by atoms with van der Waals surface area (Å²) in [5.41, 5.74) is 0. The van der Waals surface area contributed by atoms with Gasteiger partial charge in [-0.2, -0.15) is 0 Å². The molecule has 22 heavy (non-hydrogen) atoms. The summed E-state index contributed by atoms with van der Waals surface area (Å²) in [5, 5.41) is 16.3. The molecule has 0 radical (unpaired) electrons. The van der Waals surface area contributed by atoms with E-state index in [0.717, 1.165) is 19.4 Å². The van der Waals surface area contributed by atoms with Crippen molar-refractivity contribution in [2.75, 3.05) is 19.7 Å². The first kappa shape index (κ1) is 19.3. The molecule has 5 nitrogen and oxygen atoms in total. The Hall–Kier alpha value is -0.720. The molecule has 8 heteroatoms. The first-order valence-corrected chi connectivity index (χ1v) is 7.59. The van der Waals surface area contributed by atoms with Crippen LogP contribution in [0.1, 0.15) is 12.8 Å². The highest BCUT2D eigenvalue weighted by Gasteiger charge is 2.22. The first-order chi connectivity index (χ1) is 10.1. The normalized spacial score (nSPS) is 18.4. The molecule has 1 aromatic rings. The number of benzene rings is 1. The van der Waals surface area contributed by atoms with Crippen LogP contribution in [0.3, 0.4) is 0 Å². The third-order valence-electron chi connectivity index (χ3n) is 3.24. The molecule has 0 aromatic heterocycles. The van der Waals surface area contributed by atoms with E-state index in [1.807, 2.05) is 0 Å². The predicted molar refractivity (Wildman–Crippen MR) is 89.2 cm³/mol. The second-order valence-corrected chi connectivity index (χ2v) is 5.70. The Balaban J connectivity index is 0.00000242. The van der Waals surface area contributed by atoms with Crippen LogP contribution in [-0.2, 0) is 4.79 Å². The molecule has 0 bridgehead atoms. The smallest absolute Gasteiger partial charge is 0.237 e. The third-order valence-corrected chi connectivity index (χ3v) is 4.04. The minimum atomic E-state index is -0.814. The molecule has 0 saturated carbocycles. The lowest BCUT2D eigenvalue weighted by Crippen LogP contribution is -2.44. The van der Waals surface area contributed by atoms with E-state index in [-0.39, 0.29) is 37.5 Å². The van der Waals surface area contributed by atoms with Crippen molar-refractivity contribution < 1.29 is 14.6 Å². The number of hydrogen-bond donors (Lipinski definition) is 3. The van der Waals surface area contributed by atoms with E-state index < -0.39 is 6.10 Å². The van der Waals surface area contributed by atoms with Crippen LogP contribution in [0.4, 0.5) is 0 Å². The summed E-state index contributed by atoms with van der Waals surface area (Å²) in [6.07, 6.45) is 1.01. The molecule has 0 spiro atoms. The fourth-order valence-electron chi connectivity index (χ4n) is 2.09. The average molecular weight is 370 g/mol. The summed E-state index contributed by atoms with van der Waals surface area (Å²) >= 11 is 11.8. The number of aliphatic hydroxyl groups excluding tert-OH is 1. The van der Waals surface area contributed by atoms with Gasteiger partial charge in [0.2, 0.25) is 5.91 Å². The van der Waals surface area contributed by atoms with Crippen LogP contribution in [0.25, 0.3) is 0 Å². The van der Waals surface area contributed by atoms with Crippen molar-refractivity contribution in [2.24, 2.45) is 0 Å². The highest BCUT2D eigenvalue weighted by Crippen LogP contribution is 2.31.